The van der Waals surface area contributed by atoms with Crippen molar-refractivity contribution in [3.63, 3.8) is 0 Å². The van der Waals surface area contributed by atoms with Gasteiger partial charge in [0.1, 0.15) is 5.75 Å². The summed E-state index contributed by atoms with van der Waals surface area (Å²) < 4.78 is 0. The van der Waals surface area contributed by atoms with Crippen LogP contribution >= 0.6 is 11.8 Å². The lowest BCUT2D eigenvalue weighted by atomic mass is 10.1. The highest BCUT2D eigenvalue weighted by molar-refractivity contribution is 8.18. The third-order valence-electron chi connectivity index (χ3n) is 4.20. The summed E-state index contributed by atoms with van der Waals surface area (Å²) in [6.07, 6.45) is 16.3. The quantitative estimate of drug-likeness (QED) is 0.693. The number of allylic oxidation sites excluding steroid dienone is 6. The second-order valence-corrected chi connectivity index (χ2v) is 7.11. The lowest BCUT2D eigenvalue weighted by Gasteiger charge is -2.19. The molecule has 4 rings (SSSR count). The van der Waals surface area contributed by atoms with Gasteiger partial charge in [-0.3, -0.25) is 9.59 Å². The fourth-order valence-corrected chi connectivity index (χ4v) is 3.42. The number of phenolic OH excluding ortho intramolecular Hbond substituents is 1. The summed E-state index contributed by atoms with van der Waals surface area (Å²) in [5, 5.41) is 19.7. The van der Waals surface area contributed by atoms with E-state index in [1.807, 2.05) is 36.7 Å². The zero-order valence-corrected chi connectivity index (χ0v) is 16.3. The molecule has 8 nitrogen and oxygen atoms in total. The van der Waals surface area contributed by atoms with Gasteiger partial charge in [0.05, 0.1) is 16.7 Å². The van der Waals surface area contributed by atoms with Crippen LogP contribution in [0.1, 0.15) is 10.4 Å². The first kappa shape index (κ1) is 19.3. The molecule has 0 aromatic heterocycles. The van der Waals surface area contributed by atoms with Gasteiger partial charge in [-0.1, -0.05) is 12.1 Å². The van der Waals surface area contributed by atoms with E-state index in [2.05, 4.69) is 20.5 Å². The highest BCUT2D eigenvalue weighted by Crippen LogP contribution is 2.31. The first-order chi connectivity index (χ1) is 14.6. The highest BCUT2D eigenvalue weighted by atomic mass is 32.2. The van der Waals surface area contributed by atoms with Gasteiger partial charge in [-0.15, -0.1) is 5.11 Å². The van der Waals surface area contributed by atoms with Gasteiger partial charge >= 0.3 is 5.24 Å². The Hall–Kier alpha value is -3.98. The molecule has 0 saturated heterocycles. The molecule has 0 unspecified atom stereocenters. The van der Waals surface area contributed by atoms with E-state index in [1.54, 1.807) is 29.4 Å². The summed E-state index contributed by atoms with van der Waals surface area (Å²) in [5.74, 6) is -0.462. The van der Waals surface area contributed by atoms with Crippen LogP contribution in [0.5, 0.6) is 5.75 Å². The lowest BCUT2D eigenvalue weighted by Crippen LogP contribution is -2.20. The molecule has 3 aliphatic rings. The normalized spacial score (nSPS) is 19.2. The lowest BCUT2D eigenvalue weighted by molar-refractivity contribution is 0.0992. The van der Waals surface area contributed by atoms with Crippen LogP contribution in [0.3, 0.4) is 0 Å². The summed E-state index contributed by atoms with van der Waals surface area (Å²) in [5.41, 5.74) is 2.11. The van der Waals surface area contributed by atoms with Gasteiger partial charge in [-0.25, -0.2) is 0 Å². The monoisotopic (exact) mass is 417 g/mol. The Bertz CT molecular complexity index is 1120. The molecule has 9 heteroatoms. The predicted molar refractivity (Wildman–Crippen MR) is 114 cm³/mol. The first-order valence-corrected chi connectivity index (χ1v) is 9.66. The Morgan fingerprint density at radius 1 is 1.10 bits per heavy atom. The van der Waals surface area contributed by atoms with E-state index in [9.17, 15) is 14.7 Å². The van der Waals surface area contributed by atoms with Crippen molar-refractivity contribution in [3.05, 3.63) is 101 Å². The van der Waals surface area contributed by atoms with Crippen molar-refractivity contribution < 1.29 is 14.7 Å². The number of dihydropyridines is 1. The van der Waals surface area contributed by atoms with Gasteiger partial charge in [0.2, 0.25) is 0 Å². The molecular formula is C21H15N5O3S. The van der Waals surface area contributed by atoms with E-state index < -0.39 is 5.91 Å². The van der Waals surface area contributed by atoms with E-state index in [0.29, 0.717) is 10.7 Å². The summed E-state index contributed by atoms with van der Waals surface area (Å²) in [4.78, 5) is 30.1. The molecule has 30 heavy (non-hydrogen) atoms. The Morgan fingerprint density at radius 2 is 1.80 bits per heavy atom. The molecule has 2 amide bonds. The summed E-state index contributed by atoms with van der Waals surface area (Å²) in [7, 11) is 0. The number of azo groups is 1. The SMILES string of the molecule is O=C1N=C(N2C=CC(=C3C=CNC=C3)C=C2)/C(=C\N=NC(=O)c2ccccc2O)S1. The van der Waals surface area contributed by atoms with E-state index >= 15 is 0 Å². The fourth-order valence-electron chi connectivity index (χ4n) is 2.75. The van der Waals surface area contributed by atoms with Gasteiger partial charge < -0.3 is 15.3 Å². The zero-order chi connectivity index (χ0) is 20.9. The molecule has 1 aromatic rings. The fraction of sp³-hybridized carbons (Fsp3) is 0. The number of hydrogen-bond acceptors (Lipinski definition) is 7. The van der Waals surface area contributed by atoms with E-state index in [-0.39, 0.29) is 16.6 Å². The van der Waals surface area contributed by atoms with Crippen LogP contribution in [-0.2, 0) is 0 Å². The van der Waals surface area contributed by atoms with Crippen LogP contribution in [0.25, 0.3) is 0 Å². The molecule has 1 aromatic carbocycles. The number of amidine groups is 1. The minimum Gasteiger partial charge on any atom is -0.507 e. The topological polar surface area (TPSA) is 107 Å². The van der Waals surface area contributed by atoms with Crippen LogP contribution in [0, 0.1) is 0 Å². The number of carbonyl (C=O) groups excluding carboxylic acids is 2. The average molecular weight is 417 g/mol. The second kappa shape index (κ2) is 8.58. The summed E-state index contributed by atoms with van der Waals surface area (Å²) in [6, 6.07) is 6.07. The van der Waals surface area contributed by atoms with Gasteiger partial charge in [0.15, 0.2) is 5.84 Å². The van der Waals surface area contributed by atoms with Crippen molar-refractivity contribution in [2.24, 2.45) is 15.2 Å². The minimum atomic E-state index is -0.685. The number of aliphatic imine (C=N–C) groups is 1. The molecule has 0 atom stereocenters. The van der Waals surface area contributed by atoms with Gasteiger partial charge in [0.25, 0.3) is 5.91 Å². The largest absolute Gasteiger partial charge is 0.507 e. The standard InChI is InChI=1S/C21H15N5O3S/c27-17-4-2-1-3-16(17)20(28)25-23-13-18-19(24-21(29)30-18)26-11-7-15(8-12-26)14-5-9-22-10-6-14/h1-13,22,27H/b18-13+,25-23?. The molecule has 3 heterocycles. The van der Waals surface area contributed by atoms with Gasteiger partial charge in [0, 0.05) is 24.8 Å². The number of thioether (sulfide) groups is 1. The van der Waals surface area contributed by atoms with Crippen LogP contribution in [0.4, 0.5) is 4.79 Å². The molecule has 0 radical (unpaired) electrons. The molecule has 148 valence electrons. The summed E-state index contributed by atoms with van der Waals surface area (Å²) in [6.45, 7) is 0. The molecule has 0 bridgehead atoms. The zero-order valence-electron chi connectivity index (χ0n) is 15.5. The number of benzene rings is 1. The van der Waals surface area contributed by atoms with Crippen molar-refractivity contribution in [2.75, 3.05) is 0 Å². The molecule has 3 aliphatic heterocycles. The predicted octanol–water partition coefficient (Wildman–Crippen LogP) is 4.36. The van der Waals surface area contributed by atoms with Gasteiger partial charge in [-0.05, 0) is 59.3 Å². The number of aromatic hydroxyl groups is 1. The number of amides is 2. The molecule has 0 aliphatic carbocycles. The van der Waals surface area contributed by atoms with Gasteiger partial charge in [-0.2, -0.15) is 10.1 Å². The van der Waals surface area contributed by atoms with Crippen LogP contribution < -0.4 is 5.32 Å². The maximum atomic E-state index is 12.1. The van der Waals surface area contributed by atoms with Crippen molar-refractivity contribution in [3.8, 4) is 5.75 Å². The molecule has 2 N–H and O–H groups in total. The van der Waals surface area contributed by atoms with Crippen LogP contribution in [0.15, 0.2) is 111 Å². The third-order valence-corrected chi connectivity index (χ3v) is 4.97. The number of phenols is 1. The number of rotatable bonds is 2. The van der Waals surface area contributed by atoms with Crippen molar-refractivity contribution >= 4 is 28.7 Å². The maximum absolute atomic E-state index is 12.1. The third kappa shape index (κ3) is 4.20. The number of carbonyl (C=O) groups is 2. The molecule has 0 spiro atoms. The van der Waals surface area contributed by atoms with Crippen LogP contribution in [0.2, 0.25) is 0 Å². The number of hydrogen-bond donors (Lipinski definition) is 2. The second-order valence-electron chi connectivity index (χ2n) is 6.12. The Labute approximate surface area is 176 Å². The number of para-hydroxylation sites is 1. The number of nitrogens with one attached hydrogen (secondary N) is 1. The smallest absolute Gasteiger partial charge is 0.311 e. The van der Waals surface area contributed by atoms with Crippen molar-refractivity contribution in [2.45, 2.75) is 0 Å². The van der Waals surface area contributed by atoms with Crippen molar-refractivity contribution in [1.82, 2.24) is 10.2 Å². The first-order valence-electron chi connectivity index (χ1n) is 8.84. The molecule has 0 saturated carbocycles. The summed E-state index contributed by atoms with van der Waals surface area (Å²) >= 11 is 0.899. The minimum absolute atomic E-state index is 0.0483. The number of nitrogens with zero attached hydrogens (tertiary/aromatic N) is 4. The van der Waals surface area contributed by atoms with E-state index in [4.69, 9.17) is 0 Å². The van der Waals surface area contributed by atoms with Crippen LogP contribution in [-0.4, -0.2) is 27.0 Å². The Kier molecular flexibility index (Phi) is 5.53. The molecule has 0 fully saturated rings. The Morgan fingerprint density at radius 3 is 2.53 bits per heavy atom. The van der Waals surface area contributed by atoms with E-state index in [0.717, 1.165) is 22.9 Å². The van der Waals surface area contributed by atoms with Crippen molar-refractivity contribution in [1.29, 1.82) is 0 Å². The van der Waals surface area contributed by atoms with E-state index in [1.165, 1.54) is 18.3 Å². The molecular weight excluding hydrogens is 402 g/mol. The highest BCUT2D eigenvalue weighted by Gasteiger charge is 2.25. The Balaban J connectivity index is 1.50. The average Bonchev–Trinajstić information content (AvgIpc) is 3.15. The maximum Gasteiger partial charge on any atom is 0.311 e.